The van der Waals surface area contributed by atoms with Gasteiger partial charge in [-0.15, -0.1) is 0 Å². The zero-order chi connectivity index (χ0) is 15.5. The minimum Gasteiger partial charge on any atom is -0.409 e. The molecule has 3 N–H and O–H groups in total. The van der Waals surface area contributed by atoms with Crippen LogP contribution in [0.5, 0.6) is 0 Å². The van der Waals surface area contributed by atoms with E-state index < -0.39 is 10.0 Å². The number of benzene rings is 1. The van der Waals surface area contributed by atoms with Crippen LogP contribution in [0.2, 0.25) is 10.0 Å². The summed E-state index contributed by atoms with van der Waals surface area (Å²) in [5, 5.41) is 11.2. The third-order valence-electron chi connectivity index (χ3n) is 2.44. The fourth-order valence-corrected chi connectivity index (χ4v) is 4.42. The highest BCUT2D eigenvalue weighted by molar-refractivity contribution is 9.10. The fourth-order valence-electron chi connectivity index (χ4n) is 1.37. The Labute approximate surface area is 135 Å². The first-order chi connectivity index (χ1) is 9.20. The molecule has 0 aliphatic rings. The van der Waals surface area contributed by atoms with Gasteiger partial charge in [-0.1, -0.05) is 44.3 Å². The smallest absolute Gasteiger partial charge is 0.245 e. The summed E-state index contributed by atoms with van der Waals surface area (Å²) in [5.41, 5.74) is 5.30. The molecule has 0 spiro atoms. The SMILES string of the molecule is CN(CC/C(N)=N/O)S(=O)(=O)c1c(Cl)cc(Br)cc1Cl. The quantitative estimate of drug-likeness (QED) is 0.341. The van der Waals surface area contributed by atoms with E-state index in [1.807, 2.05) is 0 Å². The van der Waals surface area contributed by atoms with Crippen LogP contribution in [0.25, 0.3) is 0 Å². The van der Waals surface area contributed by atoms with Gasteiger partial charge in [0.2, 0.25) is 10.0 Å². The van der Waals surface area contributed by atoms with Crippen LogP contribution in [-0.2, 0) is 10.0 Å². The lowest BCUT2D eigenvalue weighted by Gasteiger charge is -2.18. The Morgan fingerprint density at radius 3 is 2.40 bits per heavy atom. The van der Waals surface area contributed by atoms with Gasteiger partial charge in [0.25, 0.3) is 0 Å². The molecule has 1 rings (SSSR count). The number of amidine groups is 1. The average molecular weight is 405 g/mol. The molecule has 0 unspecified atom stereocenters. The summed E-state index contributed by atoms with van der Waals surface area (Å²) >= 11 is 15.1. The predicted molar refractivity (Wildman–Crippen MR) is 82.0 cm³/mol. The monoisotopic (exact) mass is 403 g/mol. The van der Waals surface area contributed by atoms with Crippen molar-refractivity contribution < 1.29 is 13.6 Å². The molecule has 0 aromatic heterocycles. The van der Waals surface area contributed by atoms with E-state index in [9.17, 15) is 8.42 Å². The Hall–Kier alpha value is -0.540. The predicted octanol–water partition coefficient (Wildman–Crippen LogP) is 2.51. The highest BCUT2D eigenvalue weighted by Crippen LogP contribution is 2.34. The number of halogens is 3. The lowest BCUT2D eigenvalue weighted by molar-refractivity contribution is 0.316. The highest BCUT2D eigenvalue weighted by Gasteiger charge is 2.27. The molecule has 0 aliphatic heterocycles. The van der Waals surface area contributed by atoms with Gasteiger partial charge in [-0.2, -0.15) is 0 Å². The summed E-state index contributed by atoms with van der Waals surface area (Å²) in [7, 11) is -2.51. The average Bonchev–Trinajstić information content (AvgIpc) is 2.33. The van der Waals surface area contributed by atoms with E-state index in [0.29, 0.717) is 4.47 Å². The summed E-state index contributed by atoms with van der Waals surface area (Å²) in [6.45, 7) is 0.0287. The molecule has 0 bridgehead atoms. The van der Waals surface area contributed by atoms with Gasteiger partial charge in [-0.25, -0.2) is 12.7 Å². The van der Waals surface area contributed by atoms with Gasteiger partial charge < -0.3 is 10.9 Å². The number of oxime groups is 1. The molecular weight excluding hydrogens is 393 g/mol. The normalized spacial score (nSPS) is 12.9. The molecule has 0 heterocycles. The van der Waals surface area contributed by atoms with Crippen molar-refractivity contribution in [2.75, 3.05) is 13.6 Å². The maximum Gasteiger partial charge on any atom is 0.245 e. The number of nitrogens with two attached hydrogens (primary N) is 1. The molecule has 1 aromatic rings. The second-order valence-electron chi connectivity index (χ2n) is 3.87. The molecule has 0 saturated heterocycles. The minimum atomic E-state index is -3.86. The Bertz CT molecular complexity index is 614. The van der Waals surface area contributed by atoms with Crippen molar-refractivity contribution >= 4 is 55.0 Å². The number of sulfonamides is 1. The number of nitrogens with zero attached hydrogens (tertiary/aromatic N) is 2. The van der Waals surface area contributed by atoms with Crippen LogP contribution in [0.3, 0.4) is 0 Å². The lowest BCUT2D eigenvalue weighted by atomic mass is 10.4. The molecule has 0 fully saturated rings. The molecule has 0 atom stereocenters. The minimum absolute atomic E-state index is 0.0139. The van der Waals surface area contributed by atoms with E-state index in [1.165, 1.54) is 19.2 Å². The van der Waals surface area contributed by atoms with E-state index in [4.69, 9.17) is 34.1 Å². The van der Waals surface area contributed by atoms with Crippen LogP contribution < -0.4 is 5.73 Å². The second kappa shape index (κ2) is 6.95. The zero-order valence-electron chi connectivity index (χ0n) is 10.3. The lowest BCUT2D eigenvalue weighted by Crippen LogP contribution is -2.31. The van der Waals surface area contributed by atoms with Crippen molar-refractivity contribution in [2.24, 2.45) is 10.9 Å². The largest absolute Gasteiger partial charge is 0.409 e. The summed E-state index contributed by atoms with van der Waals surface area (Å²) in [6, 6.07) is 2.88. The fraction of sp³-hybridized carbons (Fsp3) is 0.300. The van der Waals surface area contributed by atoms with E-state index in [0.717, 1.165) is 4.31 Å². The van der Waals surface area contributed by atoms with Gasteiger partial charge in [0.1, 0.15) is 10.7 Å². The molecule has 0 amide bonds. The van der Waals surface area contributed by atoms with Gasteiger partial charge in [0.05, 0.1) is 10.0 Å². The number of hydrogen-bond acceptors (Lipinski definition) is 4. The highest BCUT2D eigenvalue weighted by atomic mass is 79.9. The molecule has 10 heteroatoms. The van der Waals surface area contributed by atoms with Crippen LogP contribution in [0, 0.1) is 0 Å². The molecular formula is C10H12BrCl2N3O3S. The van der Waals surface area contributed by atoms with Crippen LogP contribution in [0.1, 0.15) is 6.42 Å². The molecule has 0 aliphatic carbocycles. The Morgan fingerprint density at radius 1 is 1.45 bits per heavy atom. The zero-order valence-corrected chi connectivity index (χ0v) is 14.3. The third kappa shape index (κ3) is 3.98. The Kier molecular flexibility index (Phi) is 6.08. The first kappa shape index (κ1) is 17.5. The van der Waals surface area contributed by atoms with Gasteiger partial charge in [-0.3, -0.25) is 0 Å². The van der Waals surface area contributed by atoms with Crippen molar-refractivity contribution in [2.45, 2.75) is 11.3 Å². The van der Waals surface area contributed by atoms with Crippen molar-refractivity contribution in [3.05, 3.63) is 26.7 Å². The molecule has 112 valence electrons. The van der Waals surface area contributed by atoms with Crippen molar-refractivity contribution in [1.29, 1.82) is 0 Å². The summed E-state index contributed by atoms with van der Waals surface area (Å²) < 4.78 is 26.4. The van der Waals surface area contributed by atoms with Gasteiger partial charge >= 0.3 is 0 Å². The van der Waals surface area contributed by atoms with Crippen LogP contribution in [-0.4, -0.2) is 37.4 Å². The summed E-state index contributed by atoms with van der Waals surface area (Å²) in [5.74, 6) is -0.0694. The summed E-state index contributed by atoms with van der Waals surface area (Å²) in [4.78, 5) is -0.175. The first-order valence-electron chi connectivity index (χ1n) is 5.27. The molecule has 6 nitrogen and oxygen atoms in total. The second-order valence-corrected chi connectivity index (χ2v) is 7.58. The maximum atomic E-state index is 12.4. The van der Waals surface area contributed by atoms with Gasteiger partial charge in [0.15, 0.2) is 0 Å². The van der Waals surface area contributed by atoms with Crippen molar-refractivity contribution in [3.8, 4) is 0 Å². The molecule has 20 heavy (non-hydrogen) atoms. The van der Waals surface area contributed by atoms with E-state index in [1.54, 1.807) is 0 Å². The first-order valence-corrected chi connectivity index (χ1v) is 8.26. The van der Waals surface area contributed by atoms with Crippen molar-refractivity contribution in [1.82, 2.24) is 4.31 Å². The van der Waals surface area contributed by atoms with E-state index >= 15 is 0 Å². The molecule has 0 saturated carbocycles. The van der Waals surface area contributed by atoms with E-state index in [2.05, 4.69) is 21.1 Å². The molecule has 0 radical (unpaired) electrons. The van der Waals surface area contributed by atoms with Crippen LogP contribution in [0.4, 0.5) is 0 Å². The van der Waals surface area contributed by atoms with Crippen molar-refractivity contribution in [3.63, 3.8) is 0 Å². The van der Waals surface area contributed by atoms with E-state index in [-0.39, 0.29) is 33.7 Å². The Balaban J connectivity index is 3.11. The number of rotatable bonds is 5. The van der Waals surface area contributed by atoms with Crippen LogP contribution in [0.15, 0.2) is 26.7 Å². The third-order valence-corrected chi connectivity index (χ3v) is 5.68. The van der Waals surface area contributed by atoms with Gasteiger partial charge in [0, 0.05) is 24.5 Å². The number of hydrogen-bond donors (Lipinski definition) is 2. The Morgan fingerprint density at radius 2 is 1.95 bits per heavy atom. The molecule has 1 aromatic carbocycles. The maximum absolute atomic E-state index is 12.4. The topological polar surface area (TPSA) is 96.0 Å². The summed E-state index contributed by atoms with van der Waals surface area (Å²) in [6.07, 6.45) is 0.0813. The standard InChI is InChI=1S/C10H12BrCl2N3O3S/c1-16(3-2-9(14)15-17)20(18,19)10-7(12)4-6(11)5-8(10)13/h4-5,17H,2-3H2,1H3,(H2,14,15). The van der Waals surface area contributed by atoms with Crippen LogP contribution >= 0.6 is 39.1 Å². The van der Waals surface area contributed by atoms with Gasteiger partial charge in [-0.05, 0) is 12.1 Å².